The summed E-state index contributed by atoms with van der Waals surface area (Å²) in [7, 11) is -9.62. The van der Waals surface area contributed by atoms with Gasteiger partial charge in [0.1, 0.15) is 12.2 Å². The van der Waals surface area contributed by atoms with Crippen molar-refractivity contribution >= 4 is 37.9 Å². The molecule has 0 saturated carbocycles. The fraction of sp³-hybridized carbons (Fsp3) is 0.182. The first kappa shape index (κ1) is 25.3. The van der Waals surface area contributed by atoms with Crippen LogP contribution < -0.4 is 13.2 Å². The van der Waals surface area contributed by atoms with E-state index >= 15 is 0 Å². The third-order valence-electron chi connectivity index (χ3n) is 5.30. The molecule has 0 unspecified atom stereocenters. The number of nitrogens with zero attached hydrogens (tertiary/aromatic N) is 2. The number of esters is 1. The zero-order chi connectivity index (χ0) is 26.3. The van der Waals surface area contributed by atoms with Crippen LogP contribution in [0.5, 0.6) is 5.75 Å². The molecule has 0 amide bonds. The SMILES string of the molecule is CCCn1c(C(=O)O)ccc1-c1cccc(S(=O)(=O)NS(=O)(=O)N2CC(=O)Oc3c(F)cccc32)c1. The highest BCUT2D eigenvalue weighted by molar-refractivity contribution is 8.05. The van der Waals surface area contributed by atoms with Crippen molar-refractivity contribution in [3.63, 3.8) is 0 Å². The summed E-state index contributed by atoms with van der Waals surface area (Å²) in [5.74, 6) is -3.87. The molecule has 2 heterocycles. The van der Waals surface area contributed by atoms with Crippen LogP contribution in [0.2, 0.25) is 0 Å². The van der Waals surface area contributed by atoms with Crippen molar-refractivity contribution in [1.82, 2.24) is 8.69 Å². The molecule has 2 aromatic carbocycles. The number of carbonyl (C=O) groups excluding carboxylic acids is 1. The number of aromatic nitrogens is 1. The van der Waals surface area contributed by atoms with Gasteiger partial charge in [0.05, 0.1) is 10.6 Å². The lowest BCUT2D eigenvalue weighted by Crippen LogP contribution is -2.48. The van der Waals surface area contributed by atoms with Gasteiger partial charge in [-0.2, -0.15) is 8.42 Å². The predicted octanol–water partition coefficient (Wildman–Crippen LogP) is 2.35. The summed E-state index contributed by atoms with van der Waals surface area (Å²) in [6, 6.07) is 11.5. The second-order valence-electron chi connectivity index (χ2n) is 7.75. The Kier molecular flexibility index (Phi) is 6.60. The largest absolute Gasteiger partial charge is 0.477 e. The number of carboxylic acids is 1. The van der Waals surface area contributed by atoms with E-state index in [2.05, 4.69) is 0 Å². The van der Waals surface area contributed by atoms with Gasteiger partial charge in [0, 0.05) is 12.2 Å². The lowest BCUT2D eigenvalue weighted by molar-refractivity contribution is -0.133. The minimum Gasteiger partial charge on any atom is -0.477 e. The van der Waals surface area contributed by atoms with Crippen LogP contribution in [-0.4, -0.2) is 45.0 Å². The third kappa shape index (κ3) is 4.69. The van der Waals surface area contributed by atoms with E-state index in [9.17, 15) is 35.9 Å². The third-order valence-corrected chi connectivity index (χ3v) is 8.80. The van der Waals surface area contributed by atoms with Crippen LogP contribution in [0, 0.1) is 5.82 Å². The number of anilines is 1. The van der Waals surface area contributed by atoms with Gasteiger partial charge in [0.15, 0.2) is 11.6 Å². The summed E-state index contributed by atoms with van der Waals surface area (Å²) in [4.78, 5) is 23.0. The maximum absolute atomic E-state index is 14.1. The molecule has 0 spiro atoms. The molecular formula is C22H20FN3O8S2. The van der Waals surface area contributed by atoms with Gasteiger partial charge in [0.2, 0.25) is 0 Å². The fourth-order valence-electron chi connectivity index (χ4n) is 3.78. The summed E-state index contributed by atoms with van der Waals surface area (Å²) in [6.45, 7) is 1.34. The van der Waals surface area contributed by atoms with E-state index in [1.165, 1.54) is 41.0 Å². The topological polar surface area (TPSA) is 152 Å². The Bertz CT molecular complexity index is 1580. The van der Waals surface area contributed by atoms with Gasteiger partial charge in [-0.25, -0.2) is 26.7 Å². The van der Waals surface area contributed by atoms with Crippen LogP contribution in [0.15, 0.2) is 59.5 Å². The molecule has 190 valence electrons. The zero-order valence-electron chi connectivity index (χ0n) is 18.7. The number of carboxylic acid groups (broad SMARTS) is 1. The van der Waals surface area contributed by atoms with E-state index in [0.29, 0.717) is 28.5 Å². The number of aromatic carboxylic acids is 1. The van der Waals surface area contributed by atoms with Gasteiger partial charge in [0.25, 0.3) is 10.0 Å². The normalized spacial score (nSPS) is 13.8. The van der Waals surface area contributed by atoms with E-state index in [-0.39, 0.29) is 11.4 Å². The number of carbonyl (C=O) groups is 2. The van der Waals surface area contributed by atoms with Crippen molar-refractivity contribution in [2.45, 2.75) is 24.8 Å². The molecule has 0 saturated heterocycles. The van der Waals surface area contributed by atoms with E-state index < -0.39 is 55.2 Å². The van der Waals surface area contributed by atoms with Gasteiger partial charge in [-0.1, -0.05) is 29.3 Å². The van der Waals surface area contributed by atoms with Crippen LogP contribution in [0.25, 0.3) is 11.3 Å². The number of sulfonamides is 1. The van der Waals surface area contributed by atoms with Gasteiger partial charge in [-0.05, 0) is 48.4 Å². The Morgan fingerprint density at radius 2 is 1.83 bits per heavy atom. The number of para-hydroxylation sites is 1. The van der Waals surface area contributed by atoms with Crippen LogP contribution >= 0.6 is 0 Å². The number of benzene rings is 2. The quantitative estimate of drug-likeness (QED) is 0.328. The molecule has 14 heteroatoms. The van der Waals surface area contributed by atoms with Crippen molar-refractivity contribution in [3.05, 3.63) is 66.1 Å². The highest BCUT2D eigenvalue weighted by Gasteiger charge is 2.37. The number of ether oxygens (including phenoxy) is 1. The average molecular weight is 538 g/mol. The number of halogens is 1. The summed E-state index contributed by atoms with van der Waals surface area (Å²) < 4.78 is 74.5. The first-order chi connectivity index (χ1) is 16.9. The number of hydrogen-bond donors (Lipinski definition) is 2. The number of fused-ring (bicyclic) bond motifs is 1. The lowest BCUT2D eigenvalue weighted by atomic mass is 10.1. The van der Waals surface area contributed by atoms with E-state index in [0.717, 1.165) is 12.1 Å². The Hall–Kier alpha value is -3.75. The predicted molar refractivity (Wildman–Crippen MR) is 126 cm³/mol. The highest BCUT2D eigenvalue weighted by atomic mass is 32.3. The molecule has 0 atom stereocenters. The van der Waals surface area contributed by atoms with Crippen LogP contribution in [0.4, 0.5) is 10.1 Å². The first-order valence-corrected chi connectivity index (χ1v) is 13.5. The molecule has 3 aromatic rings. The second-order valence-corrected chi connectivity index (χ2v) is 11.3. The average Bonchev–Trinajstić information content (AvgIpc) is 3.23. The van der Waals surface area contributed by atoms with E-state index in [1.807, 2.05) is 6.92 Å². The second kappa shape index (κ2) is 9.37. The summed E-state index contributed by atoms with van der Waals surface area (Å²) in [5, 5.41) is 9.44. The van der Waals surface area contributed by atoms with Crippen molar-refractivity contribution in [3.8, 4) is 17.0 Å². The van der Waals surface area contributed by atoms with Crippen molar-refractivity contribution < 1.29 is 40.7 Å². The Labute approximate surface area is 206 Å². The van der Waals surface area contributed by atoms with Crippen LogP contribution in [-0.2, 0) is 31.6 Å². The monoisotopic (exact) mass is 537 g/mol. The zero-order valence-corrected chi connectivity index (χ0v) is 20.3. The summed E-state index contributed by atoms with van der Waals surface area (Å²) in [5.41, 5.74) is 0.441. The molecular weight excluding hydrogens is 517 g/mol. The fourth-order valence-corrected chi connectivity index (χ4v) is 6.85. The minimum atomic E-state index is -4.91. The van der Waals surface area contributed by atoms with E-state index in [1.54, 1.807) is 10.2 Å². The smallest absolute Gasteiger partial charge is 0.352 e. The van der Waals surface area contributed by atoms with E-state index in [4.69, 9.17) is 4.74 Å². The molecule has 0 aliphatic carbocycles. The van der Waals surface area contributed by atoms with Gasteiger partial charge in [-0.15, -0.1) is 0 Å². The molecule has 0 bridgehead atoms. The lowest BCUT2D eigenvalue weighted by Gasteiger charge is -2.28. The van der Waals surface area contributed by atoms with Gasteiger partial charge < -0.3 is 14.4 Å². The van der Waals surface area contributed by atoms with Gasteiger partial charge in [-0.3, -0.25) is 0 Å². The first-order valence-electron chi connectivity index (χ1n) is 10.5. The molecule has 2 N–H and O–H groups in total. The Morgan fingerprint density at radius 3 is 2.53 bits per heavy atom. The molecule has 4 rings (SSSR count). The van der Waals surface area contributed by atoms with Crippen molar-refractivity contribution in [2.75, 3.05) is 10.8 Å². The Morgan fingerprint density at radius 1 is 1.11 bits per heavy atom. The number of rotatable bonds is 8. The van der Waals surface area contributed by atoms with Crippen LogP contribution in [0.3, 0.4) is 0 Å². The highest BCUT2D eigenvalue weighted by Crippen LogP contribution is 2.36. The molecule has 0 fully saturated rings. The Balaban J connectivity index is 1.70. The standard InChI is InChI=1S/C22H20FN3O8S2/c1-2-11-25-17(9-10-19(25)22(28)29)14-5-3-6-15(12-14)35(30,31)24-36(32,33)26-13-20(27)34-21-16(23)7-4-8-18(21)26/h3-10,12,24H,2,11,13H2,1H3,(H,28,29). The molecule has 36 heavy (non-hydrogen) atoms. The number of nitrogens with one attached hydrogen (secondary N) is 1. The van der Waals surface area contributed by atoms with Crippen LogP contribution in [0.1, 0.15) is 23.8 Å². The van der Waals surface area contributed by atoms with Gasteiger partial charge >= 0.3 is 22.1 Å². The summed E-state index contributed by atoms with van der Waals surface area (Å²) in [6.07, 6.45) is 0.611. The molecule has 1 aromatic heterocycles. The maximum atomic E-state index is 14.1. The van der Waals surface area contributed by atoms with Crippen molar-refractivity contribution in [1.29, 1.82) is 0 Å². The van der Waals surface area contributed by atoms with Crippen molar-refractivity contribution in [2.24, 2.45) is 0 Å². The molecule has 11 nitrogen and oxygen atoms in total. The number of hydrogen-bond acceptors (Lipinski definition) is 7. The molecule has 0 radical (unpaired) electrons. The summed E-state index contributed by atoms with van der Waals surface area (Å²) >= 11 is 0. The maximum Gasteiger partial charge on any atom is 0.352 e. The minimum absolute atomic E-state index is 0.0173. The molecule has 1 aliphatic heterocycles. The molecule has 1 aliphatic rings.